The summed E-state index contributed by atoms with van der Waals surface area (Å²) in [4.78, 5) is 13.0. The van der Waals surface area contributed by atoms with Crippen molar-refractivity contribution in [2.75, 3.05) is 7.11 Å². The van der Waals surface area contributed by atoms with Crippen molar-refractivity contribution in [1.29, 1.82) is 0 Å². The van der Waals surface area contributed by atoms with Crippen molar-refractivity contribution in [1.82, 2.24) is 4.90 Å². The molecule has 1 aliphatic heterocycles. The summed E-state index contributed by atoms with van der Waals surface area (Å²) >= 11 is 0. The van der Waals surface area contributed by atoms with Crippen molar-refractivity contribution in [3.05, 3.63) is 12.2 Å². The van der Waals surface area contributed by atoms with Gasteiger partial charge < -0.3 is 4.74 Å². The first-order valence-electron chi connectivity index (χ1n) is 4.28. The number of carbonyl (C=O) groups is 1. The molecule has 0 spiro atoms. The highest BCUT2D eigenvalue weighted by Gasteiger charge is 2.54. The van der Waals surface area contributed by atoms with E-state index in [9.17, 15) is 4.79 Å². The molecule has 12 heavy (non-hydrogen) atoms. The summed E-state index contributed by atoms with van der Waals surface area (Å²) in [7, 11) is 1.44. The molecule has 3 nitrogen and oxygen atoms in total. The fourth-order valence-corrected chi connectivity index (χ4v) is 2.07. The predicted molar refractivity (Wildman–Crippen MR) is 44.7 cm³/mol. The summed E-state index contributed by atoms with van der Waals surface area (Å²) in [6.45, 7) is 2.14. The number of methoxy groups -OCH3 is 1. The van der Waals surface area contributed by atoms with Crippen LogP contribution in [0.2, 0.25) is 0 Å². The molecule has 0 bridgehead atoms. The van der Waals surface area contributed by atoms with E-state index >= 15 is 0 Å². The molecule has 1 amide bonds. The Morgan fingerprint density at radius 1 is 1.67 bits per heavy atom. The molecule has 1 fully saturated rings. The van der Waals surface area contributed by atoms with Gasteiger partial charge in [-0.1, -0.05) is 19.1 Å². The van der Waals surface area contributed by atoms with Gasteiger partial charge in [0.2, 0.25) is 0 Å². The number of fused-ring (bicyclic) bond motifs is 1. The molecule has 1 aliphatic carbocycles. The molecule has 66 valence electrons. The Morgan fingerprint density at radius 2 is 2.42 bits per heavy atom. The van der Waals surface area contributed by atoms with Crippen LogP contribution in [0.5, 0.6) is 0 Å². The van der Waals surface area contributed by atoms with Crippen molar-refractivity contribution in [3.8, 4) is 0 Å². The molecule has 0 N–H and O–H groups in total. The van der Waals surface area contributed by atoms with Crippen LogP contribution in [-0.2, 0) is 4.74 Å². The van der Waals surface area contributed by atoms with E-state index in [1.165, 1.54) is 7.11 Å². The van der Waals surface area contributed by atoms with E-state index in [0.29, 0.717) is 18.0 Å². The lowest BCUT2D eigenvalue weighted by molar-refractivity contribution is 0.149. The number of amides is 1. The fraction of sp³-hybridized carbons (Fsp3) is 0.667. The molecular formula is C9H13NO2. The Morgan fingerprint density at radius 3 is 3.00 bits per heavy atom. The Balaban J connectivity index is 2.05. The van der Waals surface area contributed by atoms with E-state index in [-0.39, 0.29) is 6.09 Å². The summed E-state index contributed by atoms with van der Waals surface area (Å²) in [6, 6.07) is 0.819. The SMILES string of the molecule is COC(=O)N1[C@H]2[C@H](C)C=CC[C@H]21. The summed E-state index contributed by atoms with van der Waals surface area (Å²) in [5, 5.41) is 0. The van der Waals surface area contributed by atoms with Crippen molar-refractivity contribution in [3.63, 3.8) is 0 Å². The first-order chi connectivity index (χ1) is 5.75. The number of hydrogen-bond acceptors (Lipinski definition) is 2. The van der Waals surface area contributed by atoms with Gasteiger partial charge in [-0.05, 0) is 12.3 Å². The zero-order chi connectivity index (χ0) is 8.72. The van der Waals surface area contributed by atoms with Crippen molar-refractivity contribution < 1.29 is 9.53 Å². The third-order valence-electron chi connectivity index (χ3n) is 2.72. The summed E-state index contributed by atoms with van der Waals surface area (Å²) in [6.07, 6.45) is 5.13. The molecule has 0 saturated carbocycles. The number of carbonyl (C=O) groups excluding carboxylic acids is 1. The monoisotopic (exact) mass is 167 g/mol. The molecule has 1 heterocycles. The molecule has 1 saturated heterocycles. The van der Waals surface area contributed by atoms with Crippen LogP contribution in [0.1, 0.15) is 13.3 Å². The minimum Gasteiger partial charge on any atom is -0.453 e. The average molecular weight is 167 g/mol. The average Bonchev–Trinajstić information content (AvgIpc) is 2.79. The molecule has 0 aromatic rings. The number of nitrogens with zero attached hydrogens (tertiary/aromatic N) is 1. The van der Waals surface area contributed by atoms with Gasteiger partial charge in [0.1, 0.15) is 0 Å². The van der Waals surface area contributed by atoms with Crippen LogP contribution in [0.15, 0.2) is 12.2 Å². The van der Waals surface area contributed by atoms with Gasteiger partial charge in [0.25, 0.3) is 0 Å². The maximum atomic E-state index is 11.2. The van der Waals surface area contributed by atoms with Crippen LogP contribution in [-0.4, -0.2) is 30.2 Å². The predicted octanol–water partition coefficient (Wildman–Crippen LogP) is 1.40. The van der Waals surface area contributed by atoms with Crippen molar-refractivity contribution in [2.24, 2.45) is 5.92 Å². The van der Waals surface area contributed by atoms with Gasteiger partial charge in [-0.15, -0.1) is 0 Å². The Hall–Kier alpha value is -0.990. The summed E-state index contributed by atoms with van der Waals surface area (Å²) in [5.74, 6) is 0.489. The van der Waals surface area contributed by atoms with E-state index in [0.717, 1.165) is 6.42 Å². The van der Waals surface area contributed by atoms with Gasteiger partial charge in [0, 0.05) is 0 Å². The van der Waals surface area contributed by atoms with Crippen LogP contribution < -0.4 is 0 Å². The summed E-state index contributed by atoms with van der Waals surface area (Å²) < 4.78 is 4.67. The van der Waals surface area contributed by atoms with Gasteiger partial charge in [0.15, 0.2) is 0 Å². The number of hydrogen-bond donors (Lipinski definition) is 0. The third-order valence-corrected chi connectivity index (χ3v) is 2.72. The Kier molecular flexibility index (Phi) is 1.60. The smallest absolute Gasteiger partial charge is 0.410 e. The second kappa shape index (κ2) is 2.51. The van der Waals surface area contributed by atoms with Gasteiger partial charge in [-0.3, -0.25) is 4.90 Å². The maximum absolute atomic E-state index is 11.2. The standard InChI is InChI=1S/C9H13NO2/c1-6-4-3-5-7-8(6)10(7)9(11)12-2/h3-4,6-8H,5H2,1-2H3/t6-,7-,8+,10?/m1/s1. The second-order valence-electron chi connectivity index (χ2n) is 3.46. The topological polar surface area (TPSA) is 29.3 Å². The zero-order valence-corrected chi connectivity index (χ0v) is 7.36. The fourth-order valence-electron chi connectivity index (χ4n) is 2.07. The molecule has 2 rings (SSSR count). The van der Waals surface area contributed by atoms with E-state index in [1.807, 2.05) is 4.90 Å². The molecule has 2 aliphatic rings. The molecule has 3 atom stereocenters. The highest BCUT2D eigenvalue weighted by Crippen LogP contribution is 2.40. The Labute approximate surface area is 72.0 Å². The Bertz CT molecular complexity index is 237. The van der Waals surface area contributed by atoms with Crippen LogP contribution in [0, 0.1) is 5.92 Å². The lowest BCUT2D eigenvalue weighted by Crippen LogP contribution is -2.16. The van der Waals surface area contributed by atoms with E-state index in [4.69, 9.17) is 0 Å². The lowest BCUT2D eigenvalue weighted by atomic mass is 9.98. The normalized spacial score (nSPS) is 37.5. The van der Waals surface area contributed by atoms with Crippen molar-refractivity contribution in [2.45, 2.75) is 25.4 Å². The largest absolute Gasteiger partial charge is 0.453 e. The molecule has 0 aromatic carbocycles. The lowest BCUT2D eigenvalue weighted by Gasteiger charge is -2.06. The number of ether oxygens (including phenoxy) is 1. The van der Waals surface area contributed by atoms with Crippen LogP contribution in [0.25, 0.3) is 0 Å². The van der Waals surface area contributed by atoms with Crippen LogP contribution in [0.4, 0.5) is 4.79 Å². The van der Waals surface area contributed by atoms with E-state index in [1.54, 1.807) is 0 Å². The van der Waals surface area contributed by atoms with E-state index < -0.39 is 0 Å². The number of rotatable bonds is 0. The van der Waals surface area contributed by atoms with Gasteiger partial charge in [-0.25, -0.2) is 4.79 Å². The van der Waals surface area contributed by atoms with Crippen LogP contribution in [0.3, 0.4) is 0 Å². The minimum absolute atomic E-state index is 0.180. The molecule has 0 radical (unpaired) electrons. The quantitative estimate of drug-likeness (QED) is 0.403. The molecule has 0 aromatic heterocycles. The van der Waals surface area contributed by atoms with Crippen molar-refractivity contribution >= 4 is 6.09 Å². The molecule has 0 unspecified atom stereocenters. The minimum atomic E-state index is -0.180. The molecular weight excluding hydrogens is 154 g/mol. The second-order valence-corrected chi connectivity index (χ2v) is 3.46. The molecule has 3 heteroatoms. The maximum Gasteiger partial charge on any atom is 0.410 e. The summed E-state index contributed by atoms with van der Waals surface area (Å²) in [5.41, 5.74) is 0. The van der Waals surface area contributed by atoms with Crippen LogP contribution >= 0.6 is 0 Å². The first-order valence-corrected chi connectivity index (χ1v) is 4.28. The zero-order valence-electron chi connectivity index (χ0n) is 7.36. The van der Waals surface area contributed by atoms with E-state index in [2.05, 4.69) is 23.8 Å². The van der Waals surface area contributed by atoms with Gasteiger partial charge in [0.05, 0.1) is 19.2 Å². The third kappa shape index (κ3) is 0.924. The highest BCUT2D eigenvalue weighted by molar-refractivity contribution is 5.72. The van der Waals surface area contributed by atoms with Gasteiger partial charge in [-0.2, -0.15) is 0 Å². The first kappa shape index (κ1) is 7.65. The highest BCUT2D eigenvalue weighted by atomic mass is 16.5. The van der Waals surface area contributed by atoms with Gasteiger partial charge >= 0.3 is 6.09 Å².